The van der Waals surface area contributed by atoms with Crippen molar-refractivity contribution < 1.29 is 0 Å². The molecule has 1 aliphatic carbocycles. The third-order valence-corrected chi connectivity index (χ3v) is 4.20. The van der Waals surface area contributed by atoms with Crippen LogP contribution < -0.4 is 5.32 Å². The topological polar surface area (TPSA) is 36.8 Å². The first-order valence-corrected chi connectivity index (χ1v) is 8.73. The molecule has 2 aliphatic rings. The van der Waals surface area contributed by atoms with Crippen LogP contribution in [0.4, 0.5) is 0 Å². The summed E-state index contributed by atoms with van der Waals surface area (Å²) in [5.74, 6) is 0.950. The molecule has 0 aromatic heterocycles. The summed E-state index contributed by atoms with van der Waals surface area (Å²) in [5, 5.41) is 3.51. The van der Waals surface area contributed by atoms with Gasteiger partial charge in [-0.15, -0.1) is 0 Å². The Bertz CT molecular complexity index is 627. The van der Waals surface area contributed by atoms with Crippen molar-refractivity contribution in [2.75, 3.05) is 0 Å². The number of benzene rings is 1. The van der Waals surface area contributed by atoms with Crippen LogP contribution in [0.25, 0.3) is 5.70 Å². The van der Waals surface area contributed by atoms with Crippen molar-refractivity contribution in [1.82, 2.24) is 5.32 Å². The van der Waals surface area contributed by atoms with E-state index in [-0.39, 0.29) is 5.54 Å². The van der Waals surface area contributed by atoms with Gasteiger partial charge in [0.15, 0.2) is 5.84 Å². The van der Waals surface area contributed by atoms with Crippen molar-refractivity contribution in [1.29, 1.82) is 0 Å². The average molecular weight is 309 g/mol. The van der Waals surface area contributed by atoms with Crippen LogP contribution in [0.3, 0.4) is 0 Å². The second kappa shape index (κ2) is 6.69. The van der Waals surface area contributed by atoms with Crippen LogP contribution >= 0.6 is 0 Å². The Hall–Kier alpha value is -1.90. The largest absolute Gasteiger partial charge is 0.338 e. The molecule has 1 heterocycles. The first-order chi connectivity index (χ1) is 11.0. The summed E-state index contributed by atoms with van der Waals surface area (Å²) in [4.78, 5) is 9.88. The lowest BCUT2D eigenvalue weighted by molar-refractivity contribution is 0.443. The zero-order chi connectivity index (χ0) is 16.3. The number of hydrogen-bond acceptors (Lipinski definition) is 2. The Labute approximate surface area is 139 Å². The fraction of sp³-hybridized carbons (Fsp3) is 0.500. The van der Waals surface area contributed by atoms with Crippen LogP contribution in [0.5, 0.6) is 0 Å². The smallest absolute Gasteiger partial charge is 0.151 e. The maximum atomic E-state index is 5.00. The summed E-state index contributed by atoms with van der Waals surface area (Å²) in [5.41, 5.74) is 3.17. The van der Waals surface area contributed by atoms with E-state index in [1.807, 2.05) is 6.07 Å². The number of rotatable bonds is 2. The van der Waals surface area contributed by atoms with Gasteiger partial charge in [0.1, 0.15) is 5.71 Å². The molecule has 0 unspecified atom stereocenters. The van der Waals surface area contributed by atoms with Gasteiger partial charge in [0.05, 0.1) is 11.6 Å². The van der Waals surface area contributed by atoms with E-state index < -0.39 is 0 Å². The Kier molecular flexibility index (Phi) is 4.65. The number of aliphatic imine (C=N–C) groups is 2. The molecule has 1 aromatic rings. The minimum Gasteiger partial charge on any atom is -0.338 e. The molecule has 1 aliphatic heterocycles. The zero-order valence-electron chi connectivity index (χ0n) is 14.5. The van der Waals surface area contributed by atoms with Crippen LogP contribution in [0, 0.1) is 0 Å². The molecule has 122 valence electrons. The third kappa shape index (κ3) is 4.31. The molecule has 0 amide bonds. The Balaban J connectivity index is 1.90. The number of hydrogen-bond donors (Lipinski definition) is 1. The van der Waals surface area contributed by atoms with Gasteiger partial charge in [0.2, 0.25) is 0 Å². The molecule has 0 saturated heterocycles. The highest BCUT2D eigenvalue weighted by Gasteiger charge is 2.23. The van der Waals surface area contributed by atoms with E-state index >= 15 is 0 Å². The Morgan fingerprint density at radius 2 is 1.70 bits per heavy atom. The van der Waals surface area contributed by atoms with Gasteiger partial charge in [-0.1, -0.05) is 49.6 Å². The van der Waals surface area contributed by atoms with Crippen molar-refractivity contribution >= 4 is 17.2 Å². The lowest BCUT2D eigenvalue weighted by Gasteiger charge is -2.19. The molecule has 0 spiro atoms. The van der Waals surface area contributed by atoms with Crippen LogP contribution in [0.15, 0.2) is 46.4 Å². The van der Waals surface area contributed by atoms with Gasteiger partial charge in [0.25, 0.3) is 0 Å². The summed E-state index contributed by atoms with van der Waals surface area (Å²) in [6.07, 6.45) is 8.50. The number of nitrogens with zero attached hydrogens (tertiary/aromatic N) is 2. The quantitative estimate of drug-likeness (QED) is 0.851. The molecule has 3 heteroatoms. The Morgan fingerprint density at radius 1 is 1.00 bits per heavy atom. The van der Waals surface area contributed by atoms with Crippen molar-refractivity contribution in [3.8, 4) is 0 Å². The Morgan fingerprint density at radius 3 is 2.35 bits per heavy atom. The summed E-state index contributed by atoms with van der Waals surface area (Å²) in [6.45, 7) is 6.39. The number of nitrogens with one attached hydrogen (secondary N) is 1. The minimum absolute atomic E-state index is 0.104. The molecule has 3 rings (SSSR count). The maximum absolute atomic E-state index is 5.00. The van der Waals surface area contributed by atoms with Crippen molar-refractivity contribution in [2.24, 2.45) is 9.98 Å². The third-order valence-electron chi connectivity index (χ3n) is 4.20. The van der Waals surface area contributed by atoms with Crippen LogP contribution in [-0.4, -0.2) is 23.1 Å². The van der Waals surface area contributed by atoms with Gasteiger partial charge in [0, 0.05) is 5.70 Å². The molecule has 0 atom stereocenters. The molecule has 1 N–H and O–H groups in total. The first kappa shape index (κ1) is 16.0. The first-order valence-electron chi connectivity index (χ1n) is 8.73. The zero-order valence-corrected chi connectivity index (χ0v) is 14.5. The van der Waals surface area contributed by atoms with Gasteiger partial charge >= 0.3 is 0 Å². The molecule has 1 saturated carbocycles. The summed E-state index contributed by atoms with van der Waals surface area (Å²) in [7, 11) is 0. The summed E-state index contributed by atoms with van der Waals surface area (Å²) in [6, 6.07) is 10.9. The molecule has 1 aromatic carbocycles. The van der Waals surface area contributed by atoms with Gasteiger partial charge in [-0.3, -0.25) is 9.98 Å². The molecule has 0 radical (unpaired) electrons. The normalized spacial score (nSPS) is 23.2. The van der Waals surface area contributed by atoms with E-state index in [1.165, 1.54) is 37.7 Å². The fourth-order valence-electron chi connectivity index (χ4n) is 3.14. The van der Waals surface area contributed by atoms with E-state index in [2.05, 4.69) is 56.4 Å². The maximum Gasteiger partial charge on any atom is 0.151 e. The van der Waals surface area contributed by atoms with Crippen molar-refractivity contribution in [2.45, 2.75) is 64.5 Å². The fourth-order valence-corrected chi connectivity index (χ4v) is 3.14. The molecule has 0 bridgehead atoms. The van der Waals surface area contributed by atoms with Crippen LogP contribution in [-0.2, 0) is 0 Å². The second-order valence-corrected chi connectivity index (χ2v) is 7.49. The van der Waals surface area contributed by atoms with Crippen LogP contribution in [0.1, 0.15) is 58.4 Å². The van der Waals surface area contributed by atoms with E-state index in [0.717, 1.165) is 17.2 Å². The monoisotopic (exact) mass is 309 g/mol. The highest BCUT2D eigenvalue weighted by atomic mass is 15.1. The van der Waals surface area contributed by atoms with Gasteiger partial charge in [-0.25, -0.2) is 0 Å². The molecular weight excluding hydrogens is 282 g/mol. The van der Waals surface area contributed by atoms with Crippen molar-refractivity contribution in [3.63, 3.8) is 0 Å². The molecule has 3 nitrogen and oxygen atoms in total. The highest BCUT2D eigenvalue weighted by molar-refractivity contribution is 6.51. The van der Waals surface area contributed by atoms with E-state index in [4.69, 9.17) is 9.98 Å². The second-order valence-electron chi connectivity index (χ2n) is 7.49. The van der Waals surface area contributed by atoms with Gasteiger partial charge in [-0.2, -0.15) is 0 Å². The van der Waals surface area contributed by atoms with Gasteiger partial charge < -0.3 is 5.32 Å². The molecule has 1 fully saturated rings. The van der Waals surface area contributed by atoms with E-state index in [1.54, 1.807) is 0 Å². The van der Waals surface area contributed by atoms with E-state index in [0.29, 0.717) is 6.04 Å². The van der Waals surface area contributed by atoms with Crippen LogP contribution in [0.2, 0.25) is 0 Å². The predicted octanol–water partition coefficient (Wildman–Crippen LogP) is 4.60. The van der Waals surface area contributed by atoms with Gasteiger partial charge in [-0.05, 0) is 45.3 Å². The SMILES string of the molecule is CC(C)(C)N=C1C=C(c2ccccc2)NC1=NC1CCCCC1. The summed E-state index contributed by atoms with van der Waals surface area (Å²) < 4.78 is 0. The van der Waals surface area contributed by atoms with Crippen molar-refractivity contribution in [3.05, 3.63) is 42.0 Å². The number of amidine groups is 1. The van der Waals surface area contributed by atoms with E-state index in [9.17, 15) is 0 Å². The molecule has 23 heavy (non-hydrogen) atoms. The highest BCUT2D eigenvalue weighted by Crippen LogP contribution is 2.23. The minimum atomic E-state index is -0.104. The standard InChI is InChI=1S/C20H27N3/c1-20(2,3)23-18-14-17(15-10-6-4-7-11-15)22-19(18)21-16-12-8-5-9-13-16/h4,6-7,10-11,14,16H,5,8-9,12-13H2,1-3H3,(H,21,22,23). The lowest BCUT2D eigenvalue weighted by Crippen LogP contribution is -2.27. The molecular formula is C20H27N3. The predicted molar refractivity (Wildman–Crippen MR) is 99.1 cm³/mol. The average Bonchev–Trinajstić information content (AvgIpc) is 2.90. The lowest BCUT2D eigenvalue weighted by atomic mass is 9.96. The summed E-state index contributed by atoms with van der Waals surface area (Å²) >= 11 is 0.